The van der Waals surface area contributed by atoms with Crippen molar-refractivity contribution in [2.45, 2.75) is 19.8 Å². The Labute approximate surface area is 93.7 Å². The molecule has 0 aliphatic heterocycles. The maximum absolute atomic E-state index is 5.83. The van der Waals surface area contributed by atoms with E-state index >= 15 is 0 Å². The number of aliphatic imine (C=N–C) groups is 1. The molecule has 0 radical (unpaired) electrons. The molecule has 0 amide bonds. The van der Waals surface area contributed by atoms with Gasteiger partial charge in [-0.2, -0.15) is 0 Å². The zero-order chi connectivity index (χ0) is 10.6. The van der Waals surface area contributed by atoms with Crippen LogP contribution in [0.4, 0.5) is 5.69 Å². The molecule has 0 spiro atoms. The van der Waals surface area contributed by atoms with Crippen LogP contribution in [0.1, 0.15) is 19.8 Å². The first-order valence-corrected chi connectivity index (χ1v) is 5.17. The van der Waals surface area contributed by atoms with E-state index < -0.39 is 0 Å². The minimum Gasteiger partial charge on any atom is -0.387 e. The molecule has 0 aliphatic carbocycles. The van der Waals surface area contributed by atoms with Crippen molar-refractivity contribution < 1.29 is 0 Å². The largest absolute Gasteiger partial charge is 0.387 e. The van der Waals surface area contributed by atoms with E-state index in [-0.39, 0.29) is 0 Å². The minimum atomic E-state index is 0.497. The summed E-state index contributed by atoms with van der Waals surface area (Å²) >= 11 is 11.6. The number of nitrogens with two attached hydrogens (primary N) is 1. The summed E-state index contributed by atoms with van der Waals surface area (Å²) in [5, 5.41) is 1.02. The highest BCUT2D eigenvalue weighted by Gasteiger charge is 1.98. The third-order valence-corrected chi connectivity index (χ3v) is 2.42. The van der Waals surface area contributed by atoms with Crippen molar-refractivity contribution in [3.63, 3.8) is 0 Å². The Morgan fingerprint density at radius 2 is 2.07 bits per heavy atom. The van der Waals surface area contributed by atoms with Crippen molar-refractivity contribution in [3.8, 4) is 0 Å². The molecule has 0 fully saturated rings. The summed E-state index contributed by atoms with van der Waals surface area (Å²) < 4.78 is 0. The lowest BCUT2D eigenvalue weighted by Gasteiger charge is -2.00. The first-order chi connectivity index (χ1) is 6.63. The predicted octanol–water partition coefficient (Wildman–Crippen LogP) is 3.78. The molecule has 2 nitrogen and oxygen atoms in total. The van der Waals surface area contributed by atoms with E-state index in [1.54, 1.807) is 18.2 Å². The molecule has 1 rings (SSSR count). The summed E-state index contributed by atoms with van der Waals surface area (Å²) in [6.45, 7) is 2.05. The topological polar surface area (TPSA) is 38.4 Å². The second kappa shape index (κ2) is 5.23. The highest BCUT2D eigenvalue weighted by molar-refractivity contribution is 6.42. The molecule has 0 bridgehead atoms. The fourth-order valence-corrected chi connectivity index (χ4v) is 1.32. The molecular formula is C10H12Cl2N2. The van der Waals surface area contributed by atoms with Crippen molar-refractivity contribution in [3.05, 3.63) is 28.2 Å². The van der Waals surface area contributed by atoms with Gasteiger partial charge in [-0.3, -0.25) is 0 Å². The molecule has 1 aromatic rings. The number of halogens is 2. The van der Waals surface area contributed by atoms with E-state index in [9.17, 15) is 0 Å². The average Bonchev–Trinajstić information content (AvgIpc) is 2.12. The highest BCUT2D eigenvalue weighted by atomic mass is 35.5. The Bertz CT molecular complexity index is 348. The van der Waals surface area contributed by atoms with Crippen LogP contribution in [0.3, 0.4) is 0 Å². The van der Waals surface area contributed by atoms with E-state index in [1.807, 2.05) is 0 Å². The Kier molecular flexibility index (Phi) is 4.23. The fourth-order valence-electron chi connectivity index (χ4n) is 1.03. The van der Waals surface area contributed by atoms with Gasteiger partial charge in [0.2, 0.25) is 0 Å². The number of hydrogen-bond donors (Lipinski definition) is 1. The van der Waals surface area contributed by atoms with Crippen LogP contribution < -0.4 is 5.73 Å². The average molecular weight is 231 g/mol. The van der Waals surface area contributed by atoms with Gasteiger partial charge in [-0.05, 0) is 24.6 Å². The van der Waals surface area contributed by atoms with Gasteiger partial charge in [0.15, 0.2) is 0 Å². The highest BCUT2D eigenvalue weighted by Crippen LogP contribution is 2.26. The molecule has 76 valence electrons. The number of hydrogen-bond acceptors (Lipinski definition) is 1. The molecule has 2 N–H and O–H groups in total. The van der Waals surface area contributed by atoms with Gasteiger partial charge in [-0.15, -0.1) is 0 Å². The Morgan fingerprint density at radius 3 is 2.64 bits per heavy atom. The number of amidine groups is 1. The van der Waals surface area contributed by atoms with Gasteiger partial charge in [0.05, 0.1) is 21.6 Å². The first kappa shape index (κ1) is 11.3. The van der Waals surface area contributed by atoms with Crippen LogP contribution in [0.15, 0.2) is 23.2 Å². The molecule has 4 heteroatoms. The summed E-state index contributed by atoms with van der Waals surface area (Å²) in [5.41, 5.74) is 6.42. The monoisotopic (exact) mass is 230 g/mol. The minimum absolute atomic E-state index is 0.497. The Morgan fingerprint density at radius 1 is 1.36 bits per heavy atom. The van der Waals surface area contributed by atoms with Crippen molar-refractivity contribution >= 4 is 34.7 Å². The summed E-state index contributed by atoms with van der Waals surface area (Å²) in [4.78, 5) is 4.20. The van der Waals surface area contributed by atoms with Gasteiger partial charge in [-0.25, -0.2) is 4.99 Å². The normalized spacial score (nSPS) is 11.8. The van der Waals surface area contributed by atoms with Crippen LogP contribution in [0.25, 0.3) is 0 Å². The van der Waals surface area contributed by atoms with Gasteiger partial charge in [0.1, 0.15) is 0 Å². The van der Waals surface area contributed by atoms with E-state index in [1.165, 1.54) is 0 Å². The third-order valence-electron chi connectivity index (χ3n) is 1.68. The fraction of sp³-hybridized carbons (Fsp3) is 0.300. The van der Waals surface area contributed by atoms with Gasteiger partial charge >= 0.3 is 0 Å². The summed E-state index contributed by atoms with van der Waals surface area (Å²) in [7, 11) is 0. The second-order valence-corrected chi connectivity index (χ2v) is 3.77. The summed E-state index contributed by atoms with van der Waals surface area (Å²) in [6, 6.07) is 5.20. The zero-order valence-corrected chi connectivity index (χ0v) is 9.44. The molecule has 1 aromatic carbocycles. The number of benzene rings is 1. The molecule has 14 heavy (non-hydrogen) atoms. The molecule has 0 aromatic heterocycles. The SMILES string of the molecule is CCCC(N)=Nc1ccc(Cl)c(Cl)c1. The van der Waals surface area contributed by atoms with Crippen LogP contribution in [0, 0.1) is 0 Å². The quantitative estimate of drug-likeness (QED) is 0.623. The Balaban J connectivity index is 2.87. The first-order valence-electron chi connectivity index (χ1n) is 4.41. The standard InChI is InChI=1S/C10H12Cl2N2/c1-2-3-10(13)14-7-4-5-8(11)9(12)6-7/h4-6H,2-3H2,1H3,(H2,13,14). The van der Waals surface area contributed by atoms with Gasteiger partial charge in [0.25, 0.3) is 0 Å². The number of rotatable bonds is 3. The molecule has 0 unspecified atom stereocenters. The van der Waals surface area contributed by atoms with Crippen molar-refractivity contribution in [2.24, 2.45) is 10.7 Å². The maximum atomic E-state index is 5.83. The maximum Gasteiger partial charge on any atom is 0.0996 e. The van der Waals surface area contributed by atoms with Crippen LogP contribution in [0.2, 0.25) is 10.0 Å². The number of nitrogens with zero attached hydrogens (tertiary/aromatic N) is 1. The summed E-state index contributed by atoms with van der Waals surface area (Å²) in [5.74, 6) is 0.617. The molecule has 0 saturated heterocycles. The van der Waals surface area contributed by atoms with Crippen LogP contribution in [-0.4, -0.2) is 5.84 Å². The van der Waals surface area contributed by atoms with Crippen LogP contribution in [0.5, 0.6) is 0 Å². The molecule has 0 saturated carbocycles. The third kappa shape index (κ3) is 3.20. The molecular weight excluding hydrogens is 219 g/mol. The second-order valence-electron chi connectivity index (χ2n) is 2.95. The van der Waals surface area contributed by atoms with E-state index in [2.05, 4.69) is 11.9 Å². The van der Waals surface area contributed by atoms with Crippen molar-refractivity contribution in [1.29, 1.82) is 0 Å². The molecule has 0 aliphatic rings. The smallest absolute Gasteiger partial charge is 0.0996 e. The predicted molar refractivity (Wildman–Crippen MR) is 62.7 cm³/mol. The van der Waals surface area contributed by atoms with Crippen LogP contribution >= 0.6 is 23.2 Å². The van der Waals surface area contributed by atoms with Gasteiger partial charge in [-0.1, -0.05) is 30.1 Å². The van der Waals surface area contributed by atoms with Crippen molar-refractivity contribution in [2.75, 3.05) is 0 Å². The lowest BCUT2D eigenvalue weighted by molar-refractivity contribution is 0.983. The Hall–Kier alpha value is -0.730. The molecule has 0 atom stereocenters. The van der Waals surface area contributed by atoms with Gasteiger partial charge in [0, 0.05) is 6.42 Å². The van der Waals surface area contributed by atoms with E-state index in [0.717, 1.165) is 18.5 Å². The zero-order valence-electron chi connectivity index (χ0n) is 7.93. The lowest BCUT2D eigenvalue weighted by atomic mass is 10.3. The van der Waals surface area contributed by atoms with E-state index in [4.69, 9.17) is 28.9 Å². The summed E-state index contributed by atoms with van der Waals surface area (Å²) in [6.07, 6.45) is 1.77. The lowest BCUT2D eigenvalue weighted by Crippen LogP contribution is -2.09. The molecule has 0 heterocycles. The van der Waals surface area contributed by atoms with Gasteiger partial charge < -0.3 is 5.73 Å². The van der Waals surface area contributed by atoms with E-state index in [0.29, 0.717) is 15.9 Å². The van der Waals surface area contributed by atoms with Crippen LogP contribution in [-0.2, 0) is 0 Å². The van der Waals surface area contributed by atoms with Crippen molar-refractivity contribution in [1.82, 2.24) is 0 Å².